The zero-order chi connectivity index (χ0) is 43.4. The van der Waals surface area contributed by atoms with Crippen LogP contribution in [0.25, 0.3) is 22.7 Å². The smallest absolute Gasteiger partial charge is 0.381 e. The Labute approximate surface area is 363 Å². The first-order chi connectivity index (χ1) is 29.7. The highest BCUT2D eigenvalue weighted by atomic mass is 79.9. The van der Waals surface area contributed by atoms with Crippen LogP contribution in [0.4, 0.5) is 4.39 Å². The lowest BCUT2D eigenvalue weighted by Gasteiger charge is -2.34. The summed E-state index contributed by atoms with van der Waals surface area (Å²) in [5.74, 6) is -0.190. The average molecular weight is 925 g/mol. The van der Waals surface area contributed by atoms with E-state index in [0.29, 0.717) is 111 Å². The maximum Gasteiger partial charge on any atom is 0.438 e. The number of halogens is 2. The molecule has 2 N–H and O–H groups in total. The molecule has 2 aliphatic heterocycles. The Morgan fingerprint density at radius 2 is 1.69 bits per heavy atom. The summed E-state index contributed by atoms with van der Waals surface area (Å²) in [6.45, 7) is 6.96. The van der Waals surface area contributed by atoms with Crippen molar-refractivity contribution in [1.82, 2.24) is 38.4 Å². The Morgan fingerprint density at radius 1 is 1.00 bits per heavy atom. The molecule has 15 nitrogen and oxygen atoms in total. The molecule has 2 atom stereocenters. The Bertz CT molecular complexity index is 3180. The number of aromatic nitrogens is 7. The summed E-state index contributed by atoms with van der Waals surface area (Å²) in [6, 6.07) is 13.4. The second kappa shape index (κ2) is 14.6. The average Bonchev–Trinajstić information content (AvgIpc) is 3.48. The molecule has 7 heterocycles. The molecule has 0 unspecified atom stereocenters. The molecule has 62 heavy (non-hydrogen) atoms. The standard InChI is InChI=1S/C44H43BrFN9O6S/c1-24-21-30(22-25(2)37(24)46)55-39(54-18-17-52(43(54)58)29-5-7-31(8-6-29)62(4,47)59)34-26(3)51(16-10-32(34)49-55)40(56)35-36(45)33-23-28(27-11-19-60-20-12-27)9-15-53(33)38(35)44(13-14-44)41-48-42(57)61-50-41/h5-9,15,17-18,21-23,26-27,47H,10-14,16,19-20H2,1-4H3,(H,48,50,57)/t26-,62+/m0/s1. The second-order valence-corrected chi connectivity index (χ2v) is 19.7. The number of amides is 1. The minimum absolute atomic E-state index is 0.252. The number of nitrogens with zero attached hydrogens (tertiary/aromatic N) is 7. The topological polar surface area (TPSA) is 179 Å². The number of pyridine rings is 1. The molecule has 320 valence electrons. The number of aromatic amines is 1. The van der Waals surface area contributed by atoms with Crippen LogP contribution in [0.3, 0.4) is 0 Å². The van der Waals surface area contributed by atoms with Gasteiger partial charge in [0.05, 0.1) is 59.5 Å². The van der Waals surface area contributed by atoms with Crippen molar-refractivity contribution in [3.8, 4) is 17.2 Å². The predicted octanol–water partition coefficient (Wildman–Crippen LogP) is 7.03. The van der Waals surface area contributed by atoms with Crippen molar-refractivity contribution in [2.45, 2.75) is 75.1 Å². The van der Waals surface area contributed by atoms with Crippen molar-refractivity contribution >= 4 is 37.1 Å². The van der Waals surface area contributed by atoms with Gasteiger partial charge in [-0.2, -0.15) is 5.10 Å². The molecule has 3 aliphatic rings. The van der Waals surface area contributed by atoms with Crippen molar-refractivity contribution in [1.29, 1.82) is 4.78 Å². The van der Waals surface area contributed by atoms with Gasteiger partial charge < -0.3 is 14.0 Å². The fraction of sp³-hybridized carbons (Fsp3) is 0.341. The van der Waals surface area contributed by atoms with Gasteiger partial charge in [0.15, 0.2) is 5.82 Å². The molecule has 0 bridgehead atoms. The molecule has 0 spiro atoms. The van der Waals surface area contributed by atoms with E-state index in [9.17, 15) is 13.8 Å². The number of fused-ring (bicyclic) bond motifs is 2. The Balaban J connectivity index is 1.12. The number of ether oxygens (including phenoxy) is 1. The first-order valence-electron chi connectivity index (χ1n) is 20.5. The van der Waals surface area contributed by atoms with Crippen LogP contribution < -0.4 is 11.4 Å². The molecule has 10 rings (SSSR count). The number of rotatable bonds is 8. The first kappa shape index (κ1) is 40.2. The fourth-order valence-electron chi connectivity index (χ4n) is 9.46. The minimum atomic E-state index is -2.97. The van der Waals surface area contributed by atoms with Gasteiger partial charge in [-0.1, -0.05) is 5.16 Å². The molecule has 2 fully saturated rings. The molecule has 1 saturated heterocycles. The quantitative estimate of drug-likeness (QED) is 0.163. The molecular weight excluding hydrogens is 882 g/mol. The van der Waals surface area contributed by atoms with Crippen LogP contribution in [-0.2, 0) is 26.3 Å². The highest BCUT2D eigenvalue weighted by molar-refractivity contribution is 9.10. The van der Waals surface area contributed by atoms with Crippen LogP contribution in [-0.4, -0.2) is 74.5 Å². The number of hydrogen-bond donors (Lipinski definition) is 2. The van der Waals surface area contributed by atoms with E-state index in [1.54, 1.807) is 72.2 Å². The van der Waals surface area contributed by atoms with Crippen molar-refractivity contribution < 1.29 is 22.7 Å². The summed E-state index contributed by atoms with van der Waals surface area (Å²) in [5, 5.41) is 9.19. The molecule has 1 saturated carbocycles. The van der Waals surface area contributed by atoms with Crippen molar-refractivity contribution in [2.24, 2.45) is 0 Å². The molecule has 1 amide bonds. The normalized spacial score (nSPS) is 18.5. The third-order valence-electron chi connectivity index (χ3n) is 12.8. The summed E-state index contributed by atoms with van der Waals surface area (Å²) in [7, 11) is -2.97. The maximum atomic E-state index is 15.5. The summed E-state index contributed by atoms with van der Waals surface area (Å²) in [4.78, 5) is 47.3. The van der Waals surface area contributed by atoms with E-state index in [2.05, 4.69) is 38.2 Å². The van der Waals surface area contributed by atoms with Crippen molar-refractivity contribution in [3.63, 3.8) is 0 Å². The number of carbonyl (C=O) groups is 1. The van der Waals surface area contributed by atoms with E-state index < -0.39 is 32.6 Å². The largest absolute Gasteiger partial charge is 0.438 e. The molecule has 0 radical (unpaired) electrons. The number of hydrogen-bond acceptors (Lipinski definition) is 9. The Morgan fingerprint density at radius 3 is 2.34 bits per heavy atom. The second-order valence-electron chi connectivity index (χ2n) is 16.7. The van der Waals surface area contributed by atoms with E-state index in [4.69, 9.17) is 19.1 Å². The lowest BCUT2D eigenvalue weighted by Crippen LogP contribution is -2.40. The molecular formula is C44H43BrFN9O6S. The number of nitrogens with one attached hydrogen (secondary N) is 2. The van der Waals surface area contributed by atoms with E-state index in [1.807, 2.05) is 17.5 Å². The van der Waals surface area contributed by atoms with Crippen LogP contribution in [0, 0.1) is 24.4 Å². The number of carbonyl (C=O) groups excluding carboxylic acids is 1. The zero-order valence-electron chi connectivity index (χ0n) is 34.4. The van der Waals surface area contributed by atoms with Gasteiger partial charge in [0.25, 0.3) is 5.91 Å². The van der Waals surface area contributed by atoms with E-state index in [1.165, 1.54) is 15.4 Å². The monoisotopic (exact) mass is 923 g/mol. The molecule has 2 aromatic carbocycles. The van der Waals surface area contributed by atoms with Crippen LogP contribution in [0.2, 0.25) is 0 Å². The first-order valence-corrected chi connectivity index (χ1v) is 23.2. The third-order valence-corrected chi connectivity index (χ3v) is 14.8. The summed E-state index contributed by atoms with van der Waals surface area (Å²) in [5.41, 5.74) is 5.11. The van der Waals surface area contributed by atoms with Crippen molar-refractivity contribution in [2.75, 3.05) is 26.0 Å². The predicted molar refractivity (Wildman–Crippen MR) is 231 cm³/mol. The van der Waals surface area contributed by atoms with Crippen molar-refractivity contribution in [3.05, 3.63) is 143 Å². The third kappa shape index (κ3) is 6.35. The molecule has 1 aliphatic carbocycles. The highest BCUT2D eigenvalue weighted by Gasteiger charge is 2.54. The SMILES string of the molecule is Cc1cc(-n2nc3c(c2-n2ccn(-c4ccc([S@](C)(=N)=O)cc4)c2=O)[C@H](C)N(C(=O)c2c(Br)c4cc(C5CCOCC5)ccn4c2C2(c4noc(=O)[nH]4)CC2)CC3)cc(C)c1F. The fourth-order valence-corrected chi connectivity index (χ4v) is 10.8. The van der Waals surface area contributed by atoms with Gasteiger partial charge in [0.2, 0.25) is 0 Å². The van der Waals surface area contributed by atoms with E-state index in [0.717, 1.165) is 23.9 Å². The molecule has 5 aromatic heterocycles. The lowest BCUT2D eigenvalue weighted by molar-refractivity contribution is 0.0674. The lowest BCUT2D eigenvalue weighted by atomic mass is 9.92. The summed E-state index contributed by atoms with van der Waals surface area (Å²) < 4.78 is 53.3. The van der Waals surface area contributed by atoms with Gasteiger partial charge in [-0.05, 0) is 134 Å². The number of aryl methyl sites for hydroxylation is 2. The maximum absolute atomic E-state index is 15.5. The van der Waals surface area contributed by atoms with Crippen LogP contribution in [0.15, 0.2) is 90.6 Å². The zero-order valence-corrected chi connectivity index (χ0v) is 36.8. The minimum Gasteiger partial charge on any atom is -0.381 e. The van der Waals surface area contributed by atoms with Gasteiger partial charge in [0.1, 0.15) is 11.6 Å². The van der Waals surface area contributed by atoms with Gasteiger partial charge in [-0.15, -0.1) is 0 Å². The highest BCUT2D eigenvalue weighted by Crippen LogP contribution is 2.55. The van der Waals surface area contributed by atoms with Crippen LogP contribution in [0.1, 0.15) is 94.4 Å². The van der Waals surface area contributed by atoms with Gasteiger partial charge >= 0.3 is 11.4 Å². The number of imidazole rings is 1. The summed E-state index contributed by atoms with van der Waals surface area (Å²) >= 11 is 3.90. The number of benzene rings is 2. The number of H-pyrrole nitrogens is 1. The van der Waals surface area contributed by atoms with E-state index in [-0.39, 0.29) is 11.7 Å². The summed E-state index contributed by atoms with van der Waals surface area (Å²) in [6.07, 6.45) is 10.0. The Hall–Kier alpha value is -5.85. The van der Waals surface area contributed by atoms with E-state index >= 15 is 9.18 Å². The van der Waals surface area contributed by atoms with Gasteiger partial charge in [-0.25, -0.2) is 27.6 Å². The van der Waals surface area contributed by atoms with Gasteiger partial charge in [0, 0.05) is 61.5 Å². The van der Waals surface area contributed by atoms with Crippen LogP contribution >= 0.6 is 15.9 Å². The molecule has 7 aromatic rings. The van der Waals surface area contributed by atoms with Crippen LogP contribution in [0.5, 0.6) is 0 Å². The Kier molecular flexibility index (Phi) is 9.49. The molecule has 18 heteroatoms. The van der Waals surface area contributed by atoms with Gasteiger partial charge in [-0.3, -0.25) is 23.4 Å².